The van der Waals surface area contributed by atoms with E-state index in [9.17, 15) is 9.90 Å². The van der Waals surface area contributed by atoms with Crippen LogP contribution in [0, 0.1) is 0 Å². The van der Waals surface area contributed by atoms with Gasteiger partial charge in [0.05, 0.1) is 12.7 Å². The highest BCUT2D eigenvalue weighted by Gasteiger charge is 2.33. The first kappa shape index (κ1) is 13.5. The average Bonchev–Trinajstić information content (AvgIpc) is 2.75. The fourth-order valence-electron chi connectivity index (χ4n) is 2.30. The van der Waals surface area contributed by atoms with Crippen molar-refractivity contribution < 1.29 is 14.6 Å². The third-order valence-electron chi connectivity index (χ3n) is 3.13. The molecule has 2 heterocycles. The standard InChI is InChI=1S/C13H19NO3S/c1-9(2)17-7-6-14-5-3-11-10(4-8-18-11)12(14)13(15)16/h4,8-9,12H,3,5-7H2,1-2H3,(H,15,16). The Balaban J connectivity index is 2.05. The molecule has 0 bridgehead atoms. The summed E-state index contributed by atoms with van der Waals surface area (Å²) in [5, 5.41) is 11.4. The Labute approximate surface area is 111 Å². The zero-order valence-corrected chi connectivity index (χ0v) is 11.6. The van der Waals surface area contributed by atoms with Crippen molar-refractivity contribution in [3.8, 4) is 0 Å². The molecule has 1 unspecified atom stereocenters. The van der Waals surface area contributed by atoms with Gasteiger partial charge >= 0.3 is 5.97 Å². The molecule has 0 amide bonds. The van der Waals surface area contributed by atoms with Crippen LogP contribution in [0.2, 0.25) is 0 Å². The molecule has 5 heteroatoms. The quantitative estimate of drug-likeness (QED) is 0.890. The van der Waals surface area contributed by atoms with Gasteiger partial charge in [0.1, 0.15) is 6.04 Å². The Morgan fingerprint density at radius 3 is 3.11 bits per heavy atom. The number of carbonyl (C=O) groups is 1. The molecule has 2 rings (SSSR count). The van der Waals surface area contributed by atoms with Crippen LogP contribution >= 0.6 is 11.3 Å². The van der Waals surface area contributed by atoms with Gasteiger partial charge in [0, 0.05) is 18.0 Å². The fraction of sp³-hybridized carbons (Fsp3) is 0.615. The third-order valence-corrected chi connectivity index (χ3v) is 4.13. The number of thiophene rings is 1. The second-order valence-corrected chi connectivity index (χ2v) is 5.75. The molecule has 1 N–H and O–H groups in total. The lowest BCUT2D eigenvalue weighted by atomic mass is 10.0. The number of hydrogen-bond acceptors (Lipinski definition) is 4. The number of nitrogens with zero attached hydrogens (tertiary/aromatic N) is 1. The minimum Gasteiger partial charge on any atom is -0.480 e. The smallest absolute Gasteiger partial charge is 0.325 e. The molecule has 1 aliphatic rings. The molecule has 0 saturated carbocycles. The molecule has 0 fully saturated rings. The second kappa shape index (κ2) is 5.82. The molecule has 0 spiro atoms. The van der Waals surface area contributed by atoms with Gasteiger partial charge < -0.3 is 9.84 Å². The van der Waals surface area contributed by atoms with Gasteiger partial charge in [-0.05, 0) is 37.3 Å². The molecule has 0 aromatic carbocycles. The zero-order chi connectivity index (χ0) is 13.1. The maximum atomic E-state index is 11.4. The van der Waals surface area contributed by atoms with E-state index in [0.717, 1.165) is 18.5 Å². The number of fused-ring (bicyclic) bond motifs is 1. The number of hydrogen-bond donors (Lipinski definition) is 1. The van der Waals surface area contributed by atoms with E-state index >= 15 is 0 Å². The predicted molar refractivity (Wildman–Crippen MR) is 71.1 cm³/mol. The van der Waals surface area contributed by atoms with Gasteiger partial charge in [0.2, 0.25) is 0 Å². The zero-order valence-electron chi connectivity index (χ0n) is 10.8. The van der Waals surface area contributed by atoms with E-state index in [4.69, 9.17) is 4.74 Å². The SMILES string of the molecule is CC(C)OCCN1CCc2sccc2C1C(=O)O. The summed E-state index contributed by atoms with van der Waals surface area (Å²) in [5.41, 5.74) is 0.961. The van der Waals surface area contributed by atoms with Crippen LogP contribution in [-0.4, -0.2) is 41.8 Å². The van der Waals surface area contributed by atoms with Gasteiger partial charge in [-0.2, -0.15) is 0 Å². The van der Waals surface area contributed by atoms with E-state index in [0.29, 0.717) is 13.2 Å². The summed E-state index contributed by atoms with van der Waals surface area (Å²) in [6, 6.07) is 1.43. The Morgan fingerprint density at radius 1 is 1.67 bits per heavy atom. The molecular formula is C13H19NO3S. The van der Waals surface area contributed by atoms with E-state index in [2.05, 4.69) is 0 Å². The monoisotopic (exact) mass is 269 g/mol. The summed E-state index contributed by atoms with van der Waals surface area (Å²) in [6.45, 7) is 6.03. The molecule has 4 nitrogen and oxygen atoms in total. The minimum absolute atomic E-state index is 0.190. The number of carboxylic acid groups (broad SMARTS) is 1. The molecule has 18 heavy (non-hydrogen) atoms. The molecule has 100 valence electrons. The summed E-state index contributed by atoms with van der Waals surface area (Å²) in [6.07, 6.45) is 1.13. The Hall–Kier alpha value is -0.910. The maximum absolute atomic E-state index is 11.4. The summed E-state index contributed by atoms with van der Waals surface area (Å²) in [7, 11) is 0. The van der Waals surface area contributed by atoms with Gasteiger partial charge in [-0.25, -0.2) is 0 Å². The van der Waals surface area contributed by atoms with Gasteiger partial charge in [-0.1, -0.05) is 0 Å². The van der Waals surface area contributed by atoms with Crippen molar-refractivity contribution in [1.29, 1.82) is 0 Å². The predicted octanol–water partition coefficient (Wildman–Crippen LogP) is 2.16. The van der Waals surface area contributed by atoms with Crippen molar-refractivity contribution in [2.75, 3.05) is 19.7 Å². The molecule has 0 aliphatic carbocycles. The molecule has 1 aromatic heterocycles. The Kier molecular flexibility index (Phi) is 4.37. The van der Waals surface area contributed by atoms with Gasteiger partial charge in [-0.15, -0.1) is 11.3 Å². The average molecular weight is 269 g/mol. The van der Waals surface area contributed by atoms with E-state index in [1.807, 2.05) is 30.2 Å². The number of rotatable bonds is 5. The van der Waals surface area contributed by atoms with Crippen LogP contribution in [0.4, 0.5) is 0 Å². The Bertz CT molecular complexity index is 416. The first-order valence-electron chi connectivity index (χ1n) is 6.24. The van der Waals surface area contributed by atoms with Crippen molar-refractivity contribution in [2.24, 2.45) is 0 Å². The van der Waals surface area contributed by atoms with Crippen molar-refractivity contribution in [1.82, 2.24) is 4.90 Å². The van der Waals surface area contributed by atoms with Gasteiger partial charge in [-0.3, -0.25) is 9.69 Å². The van der Waals surface area contributed by atoms with Crippen molar-refractivity contribution >= 4 is 17.3 Å². The van der Waals surface area contributed by atoms with Crippen molar-refractivity contribution in [3.63, 3.8) is 0 Å². The first-order chi connectivity index (χ1) is 8.59. The van der Waals surface area contributed by atoms with E-state index in [-0.39, 0.29) is 6.10 Å². The molecule has 0 saturated heterocycles. The molecule has 0 radical (unpaired) electrons. The summed E-state index contributed by atoms with van der Waals surface area (Å²) in [4.78, 5) is 14.7. The van der Waals surface area contributed by atoms with Crippen LogP contribution in [-0.2, 0) is 16.0 Å². The van der Waals surface area contributed by atoms with E-state index < -0.39 is 12.0 Å². The summed E-state index contributed by atoms with van der Waals surface area (Å²) < 4.78 is 5.51. The van der Waals surface area contributed by atoms with Crippen LogP contribution in [0.3, 0.4) is 0 Å². The van der Waals surface area contributed by atoms with Crippen LogP contribution in [0.5, 0.6) is 0 Å². The van der Waals surface area contributed by atoms with E-state index in [1.54, 1.807) is 11.3 Å². The normalized spacial score (nSPS) is 20.1. The highest BCUT2D eigenvalue weighted by Crippen LogP contribution is 2.33. The molecule has 1 aromatic rings. The molecule has 1 atom stereocenters. The Morgan fingerprint density at radius 2 is 2.44 bits per heavy atom. The first-order valence-corrected chi connectivity index (χ1v) is 7.12. The van der Waals surface area contributed by atoms with Crippen LogP contribution in [0.25, 0.3) is 0 Å². The van der Waals surface area contributed by atoms with Crippen LogP contribution in [0.15, 0.2) is 11.4 Å². The molecular weight excluding hydrogens is 250 g/mol. The van der Waals surface area contributed by atoms with Crippen molar-refractivity contribution in [2.45, 2.75) is 32.4 Å². The highest BCUT2D eigenvalue weighted by atomic mass is 32.1. The summed E-state index contributed by atoms with van der Waals surface area (Å²) >= 11 is 1.66. The second-order valence-electron chi connectivity index (χ2n) is 4.75. The lowest BCUT2D eigenvalue weighted by molar-refractivity contribution is -0.144. The lowest BCUT2D eigenvalue weighted by Gasteiger charge is -2.33. The molecule has 1 aliphatic heterocycles. The maximum Gasteiger partial charge on any atom is 0.325 e. The minimum atomic E-state index is -0.765. The fourth-order valence-corrected chi connectivity index (χ4v) is 3.21. The topological polar surface area (TPSA) is 49.8 Å². The highest BCUT2D eigenvalue weighted by molar-refractivity contribution is 7.10. The number of ether oxygens (including phenoxy) is 1. The lowest BCUT2D eigenvalue weighted by Crippen LogP contribution is -2.41. The van der Waals surface area contributed by atoms with Crippen LogP contribution in [0.1, 0.15) is 30.3 Å². The van der Waals surface area contributed by atoms with Gasteiger partial charge in [0.25, 0.3) is 0 Å². The summed E-state index contributed by atoms with van der Waals surface area (Å²) in [5.74, 6) is -0.765. The van der Waals surface area contributed by atoms with Crippen LogP contribution < -0.4 is 0 Å². The number of carboxylic acids is 1. The van der Waals surface area contributed by atoms with Gasteiger partial charge in [0.15, 0.2) is 0 Å². The van der Waals surface area contributed by atoms with Crippen molar-refractivity contribution in [3.05, 3.63) is 21.9 Å². The number of aliphatic carboxylic acids is 1. The third kappa shape index (κ3) is 2.91. The van der Waals surface area contributed by atoms with E-state index in [1.165, 1.54) is 4.88 Å². The largest absolute Gasteiger partial charge is 0.480 e.